The van der Waals surface area contributed by atoms with Crippen molar-refractivity contribution in [3.8, 4) is 17.6 Å². The first-order valence-electron chi connectivity index (χ1n) is 6.77. The van der Waals surface area contributed by atoms with Crippen LogP contribution in [0.25, 0.3) is 0 Å². The number of hydrogen-bond donors (Lipinski definition) is 2. The molecule has 10 heteroatoms. The summed E-state index contributed by atoms with van der Waals surface area (Å²) in [4.78, 5) is 22.0. The van der Waals surface area contributed by atoms with Gasteiger partial charge in [0, 0.05) is 18.4 Å². The van der Waals surface area contributed by atoms with Gasteiger partial charge in [0.1, 0.15) is 11.4 Å². The van der Waals surface area contributed by atoms with E-state index in [9.17, 15) is 23.1 Å². The molecule has 0 radical (unpaired) electrons. The van der Waals surface area contributed by atoms with Crippen LogP contribution < -0.4 is 4.41 Å². The maximum Gasteiger partial charge on any atom is 0.303 e. The number of phenolic OH excluding ortho intramolecular Hbond substituents is 1. The van der Waals surface area contributed by atoms with Gasteiger partial charge in [-0.15, -0.1) is 0 Å². The zero-order valence-corrected chi connectivity index (χ0v) is 15.2. The molecule has 1 heterocycles. The first kappa shape index (κ1) is 18.3. The van der Waals surface area contributed by atoms with E-state index in [0.29, 0.717) is 18.4 Å². The quantitative estimate of drug-likeness (QED) is 0.300. The second-order valence-electron chi connectivity index (χ2n) is 4.91. The maximum atomic E-state index is 12.1. The number of carboxylic acid groups (broad SMARTS) is 1. The van der Waals surface area contributed by atoms with Crippen molar-refractivity contribution >= 4 is 50.5 Å². The molecule has 1 aromatic carbocycles. The van der Waals surface area contributed by atoms with Crippen LogP contribution in [0.15, 0.2) is 18.2 Å². The number of aromatic hydroxyl groups is 1. The molecule has 1 amide bonds. The molecule has 0 bridgehead atoms. The summed E-state index contributed by atoms with van der Waals surface area (Å²) in [5, 5.41) is 18.5. The number of carbonyl (C=O) groups is 2. The predicted octanol–water partition coefficient (Wildman–Crippen LogP) is 1.24. The van der Waals surface area contributed by atoms with E-state index in [1.165, 1.54) is 18.2 Å². The third-order valence-corrected chi connectivity index (χ3v) is 5.80. The van der Waals surface area contributed by atoms with Crippen LogP contribution in [0.3, 0.4) is 0 Å². The van der Waals surface area contributed by atoms with Crippen LogP contribution in [0.2, 0.25) is 0 Å². The van der Waals surface area contributed by atoms with Gasteiger partial charge in [-0.05, 0) is 24.6 Å². The lowest BCUT2D eigenvalue weighted by atomic mass is 10.1. The molecule has 1 fully saturated rings. The number of hydrazine groups is 1. The van der Waals surface area contributed by atoms with E-state index in [4.69, 9.17) is 5.11 Å². The maximum absolute atomic E-state index is 12.1. The van der Waals surface area contributed by atoms with E-state index < -0.39 is 27.7 Å². The Morgan fingerprint density at radius 3 is 2.67 bits per heavy atom. The van der Waals surface area contributed by atoms with Gasteiger partial charge in [-0.2, -0.15) is 7.64 Å². The van der Waals surface area contributed by atoms with Crippen LogP contribution in [-0.2, 0) is 19.6 Å². The topological polar surface area (TPSA) is 115 Å². The van der Waals surface area contributed by atoms with Gasteiger partial charge in [-0.25, -0.2) is 8.42 Å². The van der Waals surface area contributed by atoms with Crippen LogP contribution in [-0.4, -0.2) is 39.5 Å². The highest BCUT2D eigenvalue weighted by atomic mass is 127. The summed E-state index contributed by atoms with van der Waals surface area (Å²) >= 11 is 1.55. The highest BCUT2D eigenvalue weighted by Crippen LogP contribution is 2.35. The molecule has 0 aliphatic carbocycles. The Hall–Kier alpha value is -2.00. The van der Waals surface area contributed by atoms with Crippen molar-refractivity contribution in [2.45, 2.75) is 19.3 Å². The van der Waals surface area contributed by atoms with Crippen LogP contribution in [0.4, 0.5) is 5.69 Å². The number of nitrogens with zero attached hydrogens (tertiary/aromatic N) is 2. The molecule has 8 nitrogen and oxygen atoms in total. The Morgan fingerprint density at radius 2 is 2.08 bits per heavy atom. The molecule has 2 rings (SSSR count). The van der Waals surface area contributed by atoms with Crippen molar-refractivity contribution in [1.29, 1.82) is 0 Å². The molecule has 0 atom stereocenters. The minimum absolute atomic E-state index is 0.0213. The Labute approximate surface area is 152 Å². The van der Waals surface area contributed by atoms with Gasteiger partial charge in [0.15, 0.2) is 5.75 Å². The highest BCUT2D eigenvalue weighted by Gasteiger charge is 2.42. The fourth-order valence-electron chi connectivity index (χ4n) is 1.97. The second kappa shape index (κ2) is 7.27. The van der Waals surface area contributed by atoms with Gasteiger partial charge in [0.05, 0.1) is 22.9 Å². The first-order chi connectivity index (χ1) is 11.2. The number of phenols is 1. The number of benzene rings is 1. The van der Waals surface area contributed by atoms with Crippen LogP contribution in [0, 0.1) is 11.8 Å². The van der Waals surface area contributed by atoms with Crippen LogP contribution in [0.5, 0.6) is 5.75 Å². The molecule has 1 aromatic rings. The summed E-state index contributed by atoms with van der Waals surface area (Å²) < 4.78 is 25.8. The number of carbonyl (C=O) groups excluding carboxylic acids is 1. The third kappa shape index (κ3) is 4.09. The SMILES string of the molecule is O=C(O)CCCC#Cc1ccc(O)c(N2N(I)C(=O)CS2(=O)=O)c1. The summed E-state index contributed by atoms with van der Waals surface area (Å²) in [5.41, 5.74) is 0.380. The van der Waals surface area contributed by atoms with Crippen LogP contribution >= 0.6 is 22.9 Å². The number of aliphatic carboxylic acids is 1. The van der Waals surface area contributed by atoms with E-state index in [1.54, 1.807) is 22.9 Å². The standard InChI is InChI=1S/C14H13IN2O6S/c15-16-13(19)9-24(22,23)17(16)11-8-10(6-7-12(11)18)4-2-1-3-5-14(20)21/h6-8,18H,1,3,5,9H2,(H,20,21). The molecule has 0 unspecified atom stereocenters. The molecule has 0 spiro atoms. The van der Waals surface area contributed by atoms with E-state index in [-0.39, 0.29) is 17.9 Å². The average molecular weight is 464 g/mol. The van der Waals surface area contributed by atoms with Crippen molar-refractivity contribution in [2.75, 3.05) is 10.2 Å². The predicted molar refractivity (Wildman–Crippen MR) is 93.6 cm³/mol. The monoisotopic (exact) mass is 464 g/mol. The molecule has 24 heavy (non-hydrogen) atoms. The first-order valence-corrected chi connectivity index (χ1v) is 9.35. The highest BCUT2D eigenvalue weighted by molar-refractivity contribution is 14.1. The Kier molecular flexibility index (Phi) is 5.55. The lowest BCUT2D eigenvalue weighted by Gasteiger charge is -2.22. The van der Waals surface area contributed by atoms with Crippen molar-refractivity contribution < 1.29 is 28.2 Å². The van der Waals surface area contributed by atoms with Gasteiger partial charge >= 0.3 is 5.97 Å². The van der Waals surface area contributed by atoms with Crippen molar-refractivity contribution in [2.24, 2.45) is 0 Å². The van der Waals surface area contributed by atoms with E-state index in [2.05, 4.69) is 11.8 Å². The smallest absolute Gasteiger partial charge is 0.303 e. The zero-order valence-electron chi connectivity index (χ0n) is 12.3. The lowest BCUT2D eigenvalue weighted by molar-refractivity contribution is -0.137. The molecule has 0 aromatic heterocycles. The normalized spacial score (nSPS) is 16.0. The second-order valence-corrected chi connectivity index (χ2v) is 7.62. The zero-order chi connectivity index (χ0) is 17.9. The van der Waals surface area contributed by atoms with Gasteiger partial charge in [-0.1, -0.05) is 11.8 Å². The molecule has 1 saturated heterocycles. The van der Waals surface area contributed by atoms with Crippen LogP contribution in [0.1, 0.15) is 24.8 Å². The summed E-state index contributed by atoms with van der Waals surface area (Å²) in [7, 11) is -3.89. The molecule has 2 N–H and O–H groups in total. The Morgan fingerprint density at radius 1 is 1.38 bits per heavy atom. The fraction of sp³-hybridized carbons (Fsp3) is 0.286. The number of carboxylic acids is 1. The molecular formula is C14H13IN2O6S. The number of unbranched alkanes of at least 4 members (excludes halogenated alkanes) is 1. The average Bonchev–Trinajstić information content (AvgIpc) is 2.68. The number of amides is 1. The third-order valence-electron chi connectivity index (χ3n) is 3.04. The fourth-order valence-corrected chi connectivity index (χ4v) is 4.72. The molecule has 1 aliphatic heterocycles. The number of halogens is 1. The summed E-state index contributed by atoms with van der Waals surface area (Å²) in [6.45, 7) is 0. The van der Waals surface area contributed by atoms with E-state index in [1.807, 2.05) is 0 Å². The van der Waals surface area contributed by atoms with Gasteiger partial charge in [-0.3, -0.25) is 9.59 Å². The van der Waals surface area contributed by atoms with Crippen molar-refractivity contribution in [3.63, 3.8) is 0 Å². The number of anilines is 1. The Balaban J connectivity index is 2.25. The molecule has 0 saturated carbocycles. The van der Waals surface area contributed by atoms with Gasteiger partial charge in [0.25, 0.3) is 15.9 Å². The lowest BCUT2D eigenvalue weighted by Crippen LogP contribution is -2.33. The minimum atomic E-state index is -3.89. The van der Waals surface area contributed by atoms with Crippen molar-refractivity contribution in [1.82, 2.24) is 3.22 Å². The number of hydrogen-bond acceptors (Lipinski definition) is 5. The van der Waals surface area contributed by atoms with Gasteiger partial charge < -0.3 is 10.2 Å². The van der Waals surface area contributed by atoms with Gasteiger partial charge in [0.2, 0.25) is 0 Å². The molecule has 128 valence electrons. The largest absolute Gasteiger partial charge is 0.506 e. The van der Waals surface area contributed by atoms with E-state index in [0.717, 1.165) is 7.64 Å². The summed E-state index contributed by atoms with van der Waals surface area (Å²) in [5.74, 6) is 3.10. The summed E-state index contributed by atoms with van der Waals surface area (Å²) in [6, 6.07) is 4.16. The minimum Gasteiger partial charge on any atom is -0.506 e. The Bertz CT molecular complexity index is 843. The number of sulfonamides is 1. The summed E-state index contributed by atoms with van der Waals surface area (Å²) in [6.07, 6.45) is 0.804. The van der Waals surface area contributed by atoms with Crippen molar-refractivity contribution in [3.05, 3.63) is 23.8 Å². The molecule has 1 aliphatic rings. The van der Waals surface area contributed by atoms with E-state index >= 15 is 0 Å². The number of rotatable bonds is 4. The molecular weight excluding hydrogens is 451 g/mol.